The van der Waals surface area contributed by atoms with Gasteiger partial charge in [-0.15, -0.1) is 0 Å². The van der Waals surface area contributed by atoms with Gasteiger partial charge in [-0.3, -0.25) is 9.59 Å². The minimum Gasteiger partial charge on any atom is -0.486 e. The fraction of sp³-hybridized carbons (Fsp3) is 0.333. The van der Waals surface area contributed by atoms with Crippen molar-refractivity contribution in [2.75, 3.05) is 19.8 Å². The van der Waals surface area contributed by atoms with Gasteiger partial charge < -0.3 is 20.1 Å². The van der Waals surface area contributed by atoms with Gasteiger partial charge in [0.25, 0.3) is 0 Å². The van der Waals surface area contributed by atoms with Gasteiger partial charge in [0.1, 0.15) is 13.2 Å². The molecule has 0 fully saturated rings. The molecule has 7 heteroatoms. The number of amides is 2. The number of carbonyl (C=O) groups is 2. The summed E-state index contributed by atoms with van der Waals surface area (Å²) < 4.78 is 12.0. The summed E-state index contributed by atoms with van der Waals surface area (Å²) in [5.41, 5.74) is 1.95. The summed E-state index contributed by atoms with van der Waals surface area (Å²) in [5, 5.41) is 5.77. The topological polar surface area (TPSA) is 76.7 Å². The highest BCUT2D eigenvalue weighted by Crippen LogP contribution is 2.30. The summed E-state index contributed by atoms with van der Waals surface area (Å²) in [4.78, 5) is 23.9. The minimum absolute atomic E-state index is 0.112. The van der Waals surface area contributed by atoms with Gasteiger partial charge >= 0.3 is 0 Å². The van der Waals surface area contributed by atoms with E-state index in [0.717, 1.165) is 27.1 Å². The van der Waals surface area contributed by atoms with Crippen LogP contribution in [0.25, 0.3) is 0 Å². The Balaban J connectivity index is 1.53. The lowest BCUT2D eigenvalue weighted by atomic mass is 10.0. The van der Waals surface area contributed by atoms with E-state index in [0.29, 0.717) is 26.2 Å². The Morgan fingerprint density at radius 2 is 1.79 bits per heavy atom. The first-order valence-corrected chi connectivity index (χ1v) is 9.98. The number of hydrogen-bond acceptors (Lipinski definition) is 4. The van der Waals surface area contributed by atoms with Crippen LogP contribution in [-0.2, 0) is 16.0 Å². The molecule has 1 aliphatic rings. The molecule has 3 rings (SSSR count). The molecule has 1 atom stereocenters. The predicted octanol–water partition coefficient (Wildman–Crippen LogP) is 3.15. The lowest BCUT2D eigenvalue weighted by Gasteiger charge is -2.19. The van der Waals surface area contributed by atoms with Gasteiger partial charge in [0.05, 0.1) is 12.5 Å². The maximum atomic E-state index is 12.4. The van der Waals surface area contributed by atoms with Crippen LogP contribution in [0.3, 0.4) is 0 Å². The van der Waals surface area contributed by atoms with Gasteiger partial charge in [-0.05, 0) is 41.8 Å². The third kappa shape index (κ3) is 5.73. The number of benzene rings is 2. The van der Waals surface area contributed by atoms with E-state index in [1.165, 1.54) is 6.92 Å². The summed E-state index contributed by atoms with van der Waals surface area (Å²) in [5.74, 6) is 1.22. The van der Waals surface area contributed by atoms with Gasteiger partial charge in [0, 0.05) is 17.9 Å². The molecule has 6 nitrogen and oxygen atoms in total. The van der Waals surface area contributed by atoms with Crippen LogP contribution in [0.4, 0.5) is 0 Å². The Hall–Kier alpha value is -2.54. The van der Waals surface area contributed by atoms with Crippen molar-refractivity contribution in [2.45, 2.75) is 25.8 Å². The monoisotopic (exact) mass is 446 g/mol. The molecule has 0 saturated heterocycles. The van der Waals surface area contributed by atoms with Crippen LogP contribution in [0.15, 0.2) is 46.9 Å². The Morgan fingerprint density at radius 1 is 1.07 bits per heavy atom. The zero-order valence-corrected chi connectivity index (χ0v) is 17.3. The summed E-state index contributed by atoms with van der Waals surface area (Å²) in [6, 6.07) is 13.0. The van der Waals surface area contributed by atoms with E-state index >= 15 is 0 Å². The number of nitrogens with one attached hydrogen (secondary N) is 2. The van der Waals surface area contributed by atoms with E-state index in [1.807, 2.05) is 42.5 Å². The van der Waals surface area contributed by atoms with Crippen molar-refractivity contribution in [3.05, 3.63) is 58.1 Å². The van der Waals surface area contributed by atoms with Gasteiger partial charge in [-0.1, -0.05) is 34.1 Å². The maximum Gasteiger partial charge on any atom is 0.222 e. The third-order valence-corrected chi connectivity index (χ3v) is 4.91. The van der Waals surface area contributed by atoms with Gasteiger partial charge in [0.15, 0.2) is 11.5 Å². The molecule has 28 heavy (non-hydrogen) atoms. The second-order valence-corrected chi connectivity index (χ2v) is 7.50. The van der Waals surface area contributed by atoms with Crippen molar-refractivity contribution in [2.24, 2.45) is 0 Å². The molecule has 0 bridgehead atoms. The molecule has 0 spiro atoms. The quantitative estimate of drug-likeness (QED) is 0.684. The van der Waals surface area contributed by atoms with Crippen LogP contribution in [0, 0.1) is 0 Å². The van der Waals surface area contributed by atoms with Crippen molar-refractivity contribution in [1.29, 1.82) is 0 Å². The van der Waals surface area contributed by atoms with Crippen molar-refractivity contribution in [3.8, 4) is 11.5 Å². The highest BCUT2D eigenvalue weighted by molar-refractivity contribution is 9.10. The normalized spacial score (nSPS) is 13.5. The Bertz CT molecular complexity index is 839. The SMILES string of the molecule is CC(=O)NC(CC(=O)NCCc1ccc2c(c1)OCCO2)c1ccc(Br)cc1. The average Bonchev–Trinajstić information content (AvgIpc) is 2.67. The van der Waals surface area contributed by atoms with Crippen LogP contribution in [0.1, 0.15) is 30.5 Å². The molecular weight excluding hydrogens is 424 g/mol. The van der Waals surface area contributed by atoms with Gasteiger partial charge in [-0.2, -0.15) is 0 Å². The van der Waals surface area contributed by atoms with Gasteiger partial charge in [0.2, 0.25) is 11.8 Å². The van der Waals surface area contributed by atoms with Crippen LogP contribution < -0.4 is 20.1 Å². The molecule has 2 amide bonds. The first-order valence-electron chi connectivity index (χ1n) is 9.19. The fourth-order valence-electron chi connectivity index (χ4n) is 3.04. The lowest BCUT2D eigenvalue weighted by Crippen LogP contribution is -2.33. The number of hydrogen-bond donors (Lipinski definition) is 2. The Kier molecular flexibility index (Phi) is 6.92. The van der Waals surface area contributed by atoms with E-state index in [9.17, 15) is 9.59 Å². The molecule has 1 unspecified atom stereocenters. The number of ether oxygens (including phenoxy) is 2. The molecule has 0 aromatic heterocycles. The molecule has 148 valence electrons. The largest absolute Gasteiger partial charge is 0.486 e. The van der Waals surface area contributed by atoms with E-state index in [2.05, 4.69) is 26.6 Å². The molecule has 2 N–H and O–H groups in total. The van der Waals surface area contributed by atoms with Crippen molar-refractivity contribution >= 4 is 27.7 Å². The molecule has 1 heterocycles. The van der Waals surface area contributed by atoms with Crippen molar-refractivity contribution in [1.82, 2.24) is 10.6 Å². The first kappa shape index (κ1) is 20.2. The van der Waals surface area contributed by atoms with Crippen LogP contribution in [-0.4, -0.2) is 31.6 Å². The maximum absolute atomic E-state index is 12.4. The number of carbonyl (C=O) groups excluding carboxylic acids is 2. The molecule has 0 aliphatic carbocycles. The highest BCUT2D eigenvalue weighted by atomic mass is 79.9. The minimum atomic E-state index is -0.361. The molecule has 1 aliphatic heterocycles. The van der Waals surface area contributed by atoms with Crippen LogP contribution >= 0.6 is 15.9 Å². The van der Waals surface area contributed by atoms with Gasteiger partial charge in [-0.25, -0.2) is 0 Å². The average molecular weight is 447 g/mol. The van der Waals surface area contributed by atoms with E-state index < -0.39 is 0 Å². The number of fused-ring (bicyclic) bond motifs is 1. The van der Waals surface area contributed by atoms with Crippen LogP contribution in [0.2, 0.25) is 0 Å². The third-order valence-electron chi connectivity index (χ3n) is 4.38. The first-order chi connectivity index (χ1) is 13.5. The van der Waals surface area contributed by atoms with E-state index in [-0.39, 0.29) is 24.3 Å². The smallest absolute Gasteiger partial charge is 0.222 e. The molecule has 0 saturated carbocycles. The molecule has 2 aromatic carbocycles. The summed E-state index contributed by atoms with van der Waals surface area (Å²) >= 11 is 3.39. The Morgan fingerprint density at radius 3 is 2.50 bits per heavy atom. The van der Waals surface area contributed by atoms with Crippen molar-refractivity contribution in [3.63, 3.8) is 0 Å². The zero-order chi connectivity index (χ0) is 19.9. The fourth-order valence-corrected chi connectivity index (χ4v) is 3.30. The number of halogens is 1. The Labute approximate surface area is 172 Å². The second-order valence-electron chi connectivity index (χ2n) is 6.59. The predicted molar refractivity (Wildman–Crippen MR) is 109 cm³/mol. The summed E-state index contributed by atoms with van der Waals surface area (Å²) in [7, 11) is 0. The second kappa shape index (κ2) is 9.59. The standard InChI is InChI=1S/C21H23BrN2O4/c1-14(25)24-18(16-3-5-17(22)6-4-16)13-21(26)23-9-8-15-2-7-19-20(12-15)28-11-10-27-19/h2-7,12,18H,8-11,13H2,1H3,(H,23,26)(H,24,25). The molecule has 2 aromatic rings. The molecule has 0 radical (unpaired) electrons. The molecular formula is C21H23BrN2O4. The zero-order valence-electron chi connectivity index (χ0n) is 15.7. The van der Waals surface area contributed by atoms with E-state index in [4.69, 9.17) is 9.47 Å². The van der Waals surface area contributed by atoms with Crippen LogP contribution in [0.5, 0.6) is 11.5 Å². The lowest BCUT2D eigenvalue weighted by molar-refractivity contribution is -0.122. The van der Waals surface area contributed by atoms with E-state index in [1.54, 1.807) is 0 Å². The summed E-state index contributed by atoms with van der Waals surface area (Å²) in [6.07, 6.45) is 0.869. The number of rotatable bonds is 7. The van der Waals surface area contributed by atoms with Crippen molar-refractivity contribution < 1.29 is 19.1 Å². The summed E-state index contributed by atoms with van der Waals surface area (Å²) in [6.45, 7) is 3.07. The highest BCUT2D eigenvalue weighted by Gasteiger charge is 2.17.